The summed E-state index contributed by atoms with van der Waals surface area (Å²) in [5.41, 5.74) is 7.43. The molecule has 1 fully saturated rings. The molecule has 0 unspecified atom stereocenters. The van der Waals surface area contributed by atoms with Gasteiger partial charge in [0.1, 0.15) is 0 Å². The zero-order valence-corrected chi connectivity index (χ0v) is 12.2. The van der Waals surface area contributed by atoms with E-state index >= 15 is 0 Å². The second-order valence-electron chi connectivity index (χ2n) is 6.66. The van der Waals surface area contributed by atoms with Crippen LogP contribution in [0.2, 0.25) is 0 Å². The lowest BCUT2D eigenvalue weighted by molar-refractivity contribution is -0.0145. The Balaban J connectivity index is 2.00. The monoisotopic (exact) mass is 273 g/mol. The Morgan fingerprint density at radius 3 is 2.55 bits per heavy atom. The molecule has 0 spiro atoms. The summed E-state index contributed by atoms with van der Waals surface area (Å²) in [4.78, 5) is 0. The third kappa shape index (κ3) is 3.43. The normalized spacial score (nSPS) is 20.1. The zero-order chi connectivity index (χ0) is 14.8. The Hall–Kier alpha value is -1.73. The fourth-order valence-corrected chi connectivity index (χ4v) is 2.61. The molecule has 0 radical (unpaired) electrons. The smallest absolute Gasteiger partial charge is 0.0992 e. The minimum atomic E-state index is -0.676. The van der Waals surface area contributed by atoms with Crippen molar-refractivity contribution in [2.24, 2.45) is 5.41 Å². The number of benzene rings is 1. The van der Waals surface area contributed by atoms with Gasteiger partial charge < -0.3 is 16.2 Å². The average Bonchev–Trinajstić information content (AvgIpc) is 2.42. The van der Waals surface area contributed by atoms with E-state index in [-0.39, 0.29) is 0 Å². The van der Waals surface area contributed by atoms with Crippen LogP contribution in [0.5, 0.6) is 0 Å². The Labute approximate surface area is 120 Å². The van der Waals surface area contributed by atoms with Gasteiger partial charge in [-0.15, -0.1) is 0 Å². The number of nitrogens with zero attached hydrogens (tertiary/aromatic N) is 1. The van der Waals surface area contributed by atoms with Crippen molar-refractivity contribution in [2.45, 2.75) is 45.1 Å². The van der Waals surface area contributed by atoms with Crippen molar-refractivity contribution in [2.75, 3.05) is 17.6 Å². The number of hydrogen-bond acceptors (Lipinski definition) is 4. The molecular formula is C16H23N3O. The van der Waals surface area contributed by atoms with E-state index in [1.165, 1.54) is 0 Å². The second-order valence-corrected chi connectivity index (χ2v) is 6.66. The number of aliphatic hydroxyl groups is 1. The maximum atomic E-state index is 10.6. The van der Waals surface area contributed by atoms with Gasteiger partial charge in [0.05, 0.1) is 28.6 Å². The number of anilines is 2. The maximum Gasteiger partial charge on any atom is 0.0992 e. The Morgan fingerprint density at radius 2 is 1.95 bits per heavy atom. The van der Waals surface area contributed by atoms with Crippen LogP contribution in [0.3, 0.4) is 0 Å². The number of nitriles is 1. The van der Waals surface area contributed by atoms with Gasteiger partial charge >= 0.3 is 0 Å². The molecule has 0 atom stereocenters. The van der Waals surface area contributed by atoms with Gasteiger partial charge in [-0.2, -0.15) is 5.26 Å². The highest BCUT2D eigenvalue weighted by atomic mass is 16.3. The lowest BCUT2D eigenvalue weighted by Gasteiger charge is -2.40. The van der Waals surface area contributed by atoms with Gasteiger partial charge in [0, 0.05) is 6.54 Å². The van der Waals surface area contributed by atoms with Gasteiger partial charge in [0.25, 0.3) is 0 Å². The van der Waals surface area contributed by atoms with Crippen molar-refractivity contribution in [3.63, 3.8) is 0 Å². The lowest BCUT2D eigenvalue weighted by Crippen LogP contribution is -2.42. The number of rotatable bonds is 3. The van der Waals surface area contributed by atoms with Gasteiger partial charge in [-0.3, -0.25) is 0 Å². The van der Waals surface area contributed by atoms with Crippen molar-refractivity contribution in [1.82, 2.24) is 0 Å². The third-order valence-corrected chi connectivity index (χ3v) is 4.32. The summed E-state index contributed by atoms with van der Waals surface area (Å²) in [6, 6.07) is 7.23. The Morgan fingerprint density at radius 1 is 1.30 bits per heavy atom. The quantitative estimate of drug-likeness (QED) is 0.740. The summed E-state index contributed by atoms with van der Waals surface area (Å²) in [6.07, 6.45) is 3.65. The SMILES string of the molecule is CC1(C)CCC(O)(CNc2cc(C#N)ccc2N)CC1. The van der Waals surface area contributed by atoms with Crippen LogP contribution in [0.15, 0.2) is 18.2 Å². The molecule has 1 aromatic carbocycles. The van der Waals surface area contributed by atoms with Gasteiger partial charge in [-0.05, 0) is 49.3 Å². The fourth-order valence-electron chi connectivity index (χ4n) is 2.61. The minimum Gasteiger partial charge on any atom is -0.397 e. The van der Waals surface area contributed by atoms with Crippen LogP contribution in [-0.4, -0.2) is 17.3 Å². The zero-order valence-electron chi connectivity index (χ0n) is 12.2. The first-order valence-corrected chi connectivity index (χ1v) is 7.10. The molecule has 1 aliphatic rings. The van der Waals surface area contributed by atoms with E-state index in [2.05, 4.69) is 25.2 Å². The molecule has 0 aromatic heterocycles. The molecule has 0 bridgehead atoms. The predicted molar refractivity (Wildman–Crippen MR) is 81.3 cm³/mol. The summed E-state index contributed by atoms with van der Waals surface area (Å²) in [5.74, 6) is 0. The number of nitrogens with one attached hydrogen (secondary N) is 1. The van der Waals surface area contributed by atoms with Crippen LogP contribution in [0, 0.1) is 16.7 Å². The Bertz CT molecular complexity index is 521. The minimum absolute atomic E-state index is 0.325. The molecule has 4 heteroatoms. The predicted octanol–water partition coefficient (Wildman–Crippen LogP) is 2.88. The largest absolute Gasteiger partial charge is 0.397 e. The Kier molecular flexibility index (Phi) is 3.92. The van der Waals surface area contributed by atoms with Crippen LogP contribution >= 0.6 is 0 Å². The molecule has 1 aromatic rings. The molecule has 0 saturated heterocycles. The van der Waals surface area contributed by atoms with Gasteiger partial charge in [-0.1, -0.05) is 13.8 Å². The lowest BCUT2D eigenvalue weighted by atomic mass is 9.71. The van der Waals surface area contributed by atoms with E-state index in [9.17, 15) is 5.11 Å². The van der Waals surface area contributed by atoms with Gasteiger partial charge in [0.2, 0.25) is 0 Å². The van der Waals surface area contributed by atoms with E-state index in [0.717, 1.165) is 31.4 Å². The summed E-state index contributed by atoms with van der Waals surface area (Å²) >= 11 is 0. The van der Waals surface area contributed by atoms with Crippen molar-refractivity contribution in [3.05, 3.63) is 23.8 Å². The van der Waals surface area contributed by atoms with Crippen LogP contribution in [0.25, 0.3) is 0 Å². The standard InChI is InChI=1S/C16H23N3O/c1-15(2)5-7-16(20,8-6-15)11-19-14-9-12(10-17)3-4-13(14)18/h3-4,9,19-20H,5-8,11,18H2,1-2H3. The van der Waals surface area contributed by atoms with Crippen molar-refractivity contribution in [3.8, 4) is 6.07 Å². The topological polar surface area (TPSA) is 82.1 Å². The van der Waals surface area contributed by atoms with Crippen molar-refractivity contribution >= 4 is 11.4 Å². The van der Waals surface area contributed by atoms with E-state index < -0.39 is 5.60 Å². The van der Waals surface area contributed by atoms with E-state index in [4.69, 9.17) is 11.0 Å². The molecule has 0 amide bonds. The highest BCUT2D eigenvalue weighted by Gasteiger charge is 2.36. The van der Waals surface area contributed by atoms with E-state index in [0.29, 0.717) is 23.2 Å². The number of nitrogen functional groups attached to an aromatic ring is 1. The van der Waals surface area contributed by atoms with Crippen LogP contribution < -0.4 is 11.1 Å². The summed E-state index contributed by atoms with van der Waals surface area (Å²) in [6.45, 7) is 4.96. The fraction of sp³-hybridized carbons (Fsp3) is 0.562. The number of hydrogen-bond donors (Lipinski definition) is 3. The van der Waals surface area contributed by atoms with Crippen molar-refractivity contribution in [1.29, 1.82) is 5.26 Å². The van der Waals surface area contributed by atoms with E-state index in [1.54, 1.807) is 18.2 Å². The molecule has 4 N–H and O–H groups in total. The van der Waals surface area contributed by atoms with Gasteiger partial charge in [-0.25, -0.2) is 0 Å². The first-order valence-electron chi connectivity index (χ1n) is 7.10. The van der Waals surface area contributed by atoms with Crippen LogP contribution in [-0.2, 0) is 0 Å². The van der Waals surface area contributed by atoms with Crippen LogP contribution in [0.4, 0.5) is 11.4 Å². The summed E-state index contributed by atoms with van der Waals surface area (Å²) in [5, 5.41) is 22.7. The van der Waals surface area contributed by atoms with Crippen molar-refractivity contribution < 1.29 is 5.11 Å². The molecule has 108 valence electrons. The summed E-state index contributed by atoms with van der Waals surface area (Å²) in [7, 11) is 0. The highest BCUT2D eigenvalue weighted by molar-refractivity contribution is 5.68. The highest BCUT2D eigenvalue weighted by Crippen LogP contribution is 2.40. The third-order valence-electron chi connectivity index (χ3n) is 4.32. The molecule has 4 nitrogen and oxygen atoms in total. The molecule has 2 rings (SSSR count). The van der Waals surface area contributed by atoms with Crippen LogP contribution in [0.1, 0.15) is 45.1 Å². The van der Waals surface area contributed by atoms with Gasteiger partial charge in [0.15, 0.2) is 0 Å². The molecule has 1 aliphatic carbocycles. The molecule has 1 saturated carbocycles. The molecule has 20 heavy (non-hydrogen) atoms. The molecular weight excluding hydrogens is 250 g/mol. The number of nitrogens with two attached hydrogens (primary N) is 1. The maximum absolute atomic E-state index is 10.6. The average molecular weight is 273 g/mol. The molecule has 0 heterocycles. The van der Waals surface area contributed by atoms with E-state index in [1.807, 2.05) is 0 Å². The second kappa shape index (κ2) is 5.34. The summed E-state index contributed by atoms with van der Waals surface area (Å²) < 4.78 is 0. The first-order chi connectivity index (χ1) is 9.34. The first kappa shape index (κ1) is 14.7. The molecule has 0 aliphatic heterocycles.